The lowest BCUT2D eigenvalue weighted by atomic mass is 9.94. The molecule has 0 aliphatic carbocycles. The van der Waals surface area contributed by atoms with Gasteiger partial charge in [0.1, 0.15) is 0 Å². The van der Waals surface area contributed by atoms with E-state index in [-0.39, 0.29) is 5.60 Å². The summed E-state index contributed by atoms with van der Waals surface area (Å²) in [6.45, 7) is 6.11. The highest BCUT2D eigenvalue weighted by Crippen LogP contribution is 2.24. The Hall–Kier alpha value is -1.45. The van der Waals surface area contributed by atoms with Gasteiger partial charge in [-0.25, -0.2) is 0 Å². The summed E-state index contributed by atoms with van der Waals surface area (Å²) in [5, 5.41) is 6.12. The van der Waals surface area contributed by atoms with Crippen molar-refractivity contribution in [1.82, 2.24) is 10.3 Å². The molecular weight excluding hydrogens is 248 g/mol. The fourth-order valence-electron chi connectivity index (χ4n) is 2.91. The first-order valence-electron chi connectivity index (χ1n) is 7.32. The van der Waals surface area contributed by atoms with Crippen LogP contribution in [0, 0.1) is 0 Å². The molecule has 3 rings (SSSR count). The van der Waals surface area contributed by atoms with Crippen LogP contribution in [0.1, 0.15) is 32.3 Å². The first-order chi connectivity index (χ1) is 9.62. The molecule has 1 unspecified atom stereocenters. The van der Waals surface area contributed by atoms with E-state index < -0.39 is 0 Å². The summed E-state index contributed by atoms with van der Waals surface area (Å²) in [6, 6.07) is 9.19. The molecule has 1 fully saturated rings. The van der Waals surface area contributed by atoms with Gasteiger partial charge in [0.25, 0.3) is 0 Å². The van der Waals surface area contributed by atoms with Crippen LogP contribution < -0.4 is 5.32 Å². The average molecular weight is 270 g/mol. The van der Waals surface area contributed by atoms with Crippen molar-refractivity contribution >= 4 is 10.8 Å². The Bertz CT molecular complexity index is 594. The number of fused-ring (bicyclic) bond motifs is 1. The van der Waals surface area contributed by atoms with Crippen LogP contribution in [0.3, 0.4) is 0 Å². The molecule has 1 saturated heterocycles. The zero-order valence-corrected chi connectivity index (χ0v) is 12.2. The van der Waals surface area contributed by atoms with E-state index in [0.29, 0.717) is 6.04 Å². The highest BCUT2D eigenvalue weighted by atomic mass is 16.5. The Labute approximate surface area is 120 Å². The van der Waals surface area contributed by atoms with Crippen molar-refractivity contribution in [3.05, 3.63) is 42.2 Å². The van der Waals surface area contributed by atoms with Crippen LogP contribution in [-0.2, 0) is 11.3 Å². The van der Waals surface area contributed by atoms with Crippen molar-refractivity contribution in [3.63, 3.8) is 0 Å². The normalized spacial score (nSPS) is 22.0. The highest BCUT2D eigenvalue weighted by Gasteiger charge is 2.28. The third-order valence-electron chi connectivity index (χ3n) is 4.00. The average Bonchev–Trinajstić information content (AvgIpc) is 2.44. The molecule has 3 heteroatoms. The second kappa shape index (κ2) is 5.51. The summed E-state index contributed by atoms with van der Waals surface area (Å²) in [7, 11) is 0. The number of nitrogens with zero attached hydrogens (tertiary/aromatic N) is 1. The maximum absolute atomic E-state index is 5.76. The fourth-order valence-corrected chi connectivity index (χ4v) is 2.91. The summed E-state index contributed by atoms with van der Waals surface area (Å²) in [5.74, 6) is 0. The van der Waals surface area contributed by atoms with Crippen LogP contribution in [0.4, 0.5) is 0 Å². The summed E-state index contributed by atoms with van der Waals surface area (Å²) in [5.41, 5.74) is 1.33. The van der Waals surface area contributed by atoms with Gasteiger partial charge in [0.05, 0.1) is 5.60 Å². The van der Waals surface area contributed by atoms with Crippen LogP contribution in [0.15, 0.2) is 36.7 Å². The second-order valence-corrected chi connectivity index (χ2v) is 6.24. The van der Waals surface area contributed by atoms with Gasteiger partial charge in [0.2, 0.25) is 0 Å². The lowest BCUT2D eigenvalue weighted by Gasteiger charge is -2.36. The molecule has 1 atom stereocenters. The second-order valence-electron chi connectivity index (χ2n) is 6.24. The zero-order chi connectivity index (χ0) is 14.0. The summed E-state index contributed by atoms with van der Waals surface area (Å²) < 4.78 is 5.76. The van der Waals surface area contributed by atoms with E-state index in [1.54, 1.807) is 0 Å². The van der Waals surface area contributed by atoms with E-state index in [1.807, 2.05) is 12.4 Å². The van der Waals surface area contributed by atoms with Crippen LogP contribution in [-0.4, -0.2) is 23.2 Å². The Morgan fingerprint density at radius 2 is 2.20 bits per heavy atom. The lowest BCUT2D eigenvalue weighted by molar-refractivity contribution is -0.0630. The largest absolute Gasteiger partial charge is 0.375 e. The summed E-state index contributed by atoms with van der Waals surface area (Å²) in [4.78, 5) is 4.15. The van der Waals surface area contributed by atoms with Gasteiger partial charge in [-0.1, -0.05) is 12.1 Å². The van der Waals surface area contributed by atoms with Gasteiger partial charge in [0.15, 0.2) is 0 Å². The number of hydrogen-bond donors (Lipinski definition) is 1. The lowest BCUT2D eigenvalue weighted by Crippen LogP contribution is -2.43. The van der Waals surface area contributed by atoms with E-state index in [1.165, 1.54) is 16.3 Å². The molecule has 106 valence electrons. The van der Waals surface area contributed by atoms with Crippen LogP contribution in [0.25, 0.3) is 10.8 Å². The van der Waals surface area contributed by atoms with E-state index in [0.717, 1.165) is 26.0 Å². The number of aromatic nitrogens is 1. The first-order valence-corrected chi connectivity index (χ1v) is 7.32. The van der Waals surface area contributed by atoms with E-state index in [4.69, 9.17) is 4.74 Å². The topological polar surface area (TPSA) is 34.2 Å². The third-order valence-corrected chi connectivity index (χ3v) is 4.00. The van der Waals surface area contributed by atoms with Crippen LogP contribution in [0.2, 0.25) is 0 Å². The van der Waals surface area contributed by atoms with Crippen molar-refractivity contribution in [2.75, 3.05) is 6.61 Å². The molecule has 1 aliphatic rings. The molecule has 1 aromatic carbocycles. The maximum Gasteiger partial charge on any atom is 0.0641 e. The molecule has 0 bridgehead atoms. The number of pyridine rings is 1. The maximum atomic E-state index is 5.76. The van der Waals surface area contributed by atoms with Gasteiger partial charge in [-0.05, 0) is 49.8 Å². The Kier molecular flexibility index (Phi) is 3.72. The van der Waals surface area contributed by atoms with E-state index in [2.05, 4.69) is 48.4 Å². The Morgan fingerprint density at radius 3 is 3.05 bits per heavy atom. The zero-order valence-electron chi connectivity index (χ0n) is 12.2. The standard InChI is InChI=1S/C17H22N2O/c1-17(2)10-16(6-8-20-17)19-11-13-3-4-15-12-18-7-5-14(15)9-13/h3-5,7,9,12,16,19H,6,8,10-11H2,1-2H3. The molecule has 0 radical (unpaired) electrons. The predicted octanol–water partition coefficient (Wildman–Crippen LogP) is 3.28. The van der Waals surface area contributed by atoms with Gasteiger partial charge in [-0.2, -0.15) is 0 Å². The quantitative estimate of drug-likeness (QED) is 0.929. The number of nitrogens with one attached hydrogen (secondary N) is 1. The molecule has 2 heterocycles. The molecular formula is C17H22N2O. The van der Waals surface area contributed by atoms with Crippen LogP contribution >= 0.6 is 0 Å². The van der Waals surface area contributed by atoms with E-state index in [9.17, 15) is 0 Å². The van der Waals surface area contributed by atoms with Crippen molar-refractivity contribution in [2.24, 2.45) is 0 Å². The number of hydrogen-bond acceptors (Lipinski definition) is 3. The van der Waals surface area contributed by atoms with Gasteiger partial charge in [-0.15, -0.1) is 0 Å². The Balaban J connectivity index is 1.65. The number of benzene rings is 1. The highest BCUT2D eigenvalue weighted by molar-refractivity contribution is 5.81. The minimum Gasteiger partial charge on any atom is -0.375 e. The van der Waals surface area contributed by atoms with E-state index >= 15 is 0 Å². The summed E-state index contributed by atoms with van der Waals surface area (Å²) in [6.07, 6.45) is 5.93. The SMILES string of the molecule is CC1(C)CC(NCc2ccc3cnccc3c2)CCO1. The van der Waals surface area contributed by atoms with Crippen molar-refractivity contribution in [3.8, 4) is 0 Å². The Morgan fingerprint density at radius 1 is 1.30 bits per heavy atom. The molecule has 0 saturated carbocycles. The smallest absolute Gasteiger partial charge is 0.0641 e. The number of rotatable bonds is 3. The van der Waals surface area contributed by atoms with Gasteiger partial charge < -0.3 is 10.1 Å². The van der Waals surface area contributed by atoms with Crippen molar-refractivity contribution in [1.29, 1.82) is 0 Å². The predicted molar refractivity (Wildman–Crippen MR) is 81.6 cm³/mol. The van der Waals surface area contributed by atoms with Gasteiger partial charge >= 0.3 is 0 Å². The first kappa shape index (κ1) is 13.5. The van der Waals surface area contributed by atoms with Crippen molar-refractivity contribution < 1.29 is 4.74 Å². The summed E-state index contributed by atoms with van der Waals surface area (Å²) >= 11 is 0. The molecule has 3 nitrogen and oxygen atoms in total. The minimum absolute atomic E-state index is 0.00493. The molecule has 1 aromatic heterocycles. The van der Waals surface area contributed by atoms with Crippen LogP contribution in [0.5, 0.6) is 0 Å². The number of ether oxygens (including phenoxy) is 1. The minimum atomic E-state index is 0.00493. The molecule has 1 N–H and O–H groups in total. The molecule has 2 aromatic rings. The molecule has 0 spiro atoms. The van der Waals surface area contributed by atoms with Gasteiger partial charge in [0, 0.05) is 37.0 Å². The van der Waals surface area contributed by atoms with Crippen molar-refractivity contribution in [2.45, 2.75) is 44.9 Å². The molecule has 0 amide bonds. The fraction of sp³-hybridized carbons (Fsp3) is 0.471. The molecule has 20 heavy (non-hydrogen) atoms. The van der Waals surface area contributed by atoms with Gasteiger partial charge in [-0.3, -0.25) is 4.98 Å². The monoisotopic (exact) mass is 270 g/mol. The molecule has 1 aliphatic heterocycles. The third kappa shape index (κ3) is 3.17.